The van der Waals surface area contributed by atoms with E-state index in [-0.39, 0.29) is 16.7 Å². The molecule has 0 aromatic heterocycles. The Hall–Kier alpha value is -3.04. The first-order valence-corrected chi connectivity index (χ1v) is 10.9. The monoisotopic (exact) mass is 476 g/mol. The molecule has 172 valence electrons. The lowest BCUT2D eigenvalue weighted by molar-refractivity contribution is -0.0505. The molecule has 1 heterocycles. The summed E-state index contributed by atoms with van der Waals surface area (Å²) in [5.74, 6) is 0.196. The third kappa shape index (κ3) is 6.49. The molecule has 9 heteroatoms. The lowest BCUT2D eigenvalue weighted by Crippen LogP contribution is -2.15. The SMILES string of the molecule is FC(F)Oc1ccc(CN2CC(=Nc3ccc(OC(F)F)cc3)C(c3ccccc3)S2)cc1. The van der Waals surface area contributed by atoms with Crippen LogP contribution in [0.15, 0.2) is 83.9 Å². The van der Waals surface area contributed by atoms with Crippen LogP contribution in [0.2, 0.25) is 0 Å². The van der Waals surface area contributed by atoms with Gasteiger partial charge in [0.25, 0.3) is 0 Å². The lowest BCUT2D eigenvalue weighted by Gasteiger charge is -2.15. The molecule has 33 heavy (non-hydrogen) atoms. The maximum Gasteiger partial charge on any atom is 0.387 e. The average Bonchev–Trinajstić information content (AvgIpc) is 3.18. The van der Waals surface area contributed by atoms with Crippen molar-refractivity contribution >= 4 is 23.3 Å². The summed E-state index contributed by atoms with van der Waals surface area (Å²) >= 11 is 1.64. The van der Waals surface area contributed by atoms with E-state index < -0.39 is 13.2 Å². The number of halogens is 4. The van der Waals surface area contributed by atoms with Crippen molar-refractivity contribution in [3.05, 3.63) is 90.0 Å². The zero-order chi connectivity index (χ0) is 23.2. The minimum atomic E-state index is -2.87. The van der Waals surface area contributed by atoms with Gasteiger partial charge in [-0.15, -0.1) is 0 Å². The van der Waals surface area contributed by atoms with Gasteiger partial charge in [0.15, 0.2) is 0 Å². The summed E-state index contributed by atoms with van der Waals surface area (Å²) in [5, 5.41) is -0.00960. The highest BCUT2D eigenvalue weighted by Gasteiger charge is 2.31. The molecule has 0 N–H and O–H groups in total. The van der Waals surface area contributed by atoms with Gasteiger partial charge in [-0.1, -0.05) is 54.4 Å². The first-order valence-electron chi connectivity index (χ1n) is 10.1. The van der Waals surface area contributed by atoms with Crippen LogP contribution < -0.4 is 9.47 Å². The lowest BCUT2D eigenvalue weighted by atomic mass is 10.1. The van der Waals surface area contributed by atoms with E-state index in [4.69, 9.17) is 4.99 Å². The van der Waals surface area contributed by atoms with Gasteiger partial charge in [0.2, 0.25) is 0 Å². The summed E-state index contributed by atoms with van der Waals surface area (Å²) in [4.78, 5) is 4.78. The number of alkyl halides is 4. The minimum absolute atomic E-state index is 0.00960. The molecule has 1 fully saturated rings. The second-order valence-electron chi connectivity index (χ2n) is 7.19. The van der Waals surface area contributed by atoms with Gasteiger partial charge in [0.05, 0.1) is 16.6 Å². The summed E-state index contributed by atoms with van der Waals surface area (Å²) in [6.45, 7) is -4.57. The second kappa shape index (κ2) is 10.7. The van der Waals surface area contributed by atoms with Crippen LogP contribution in [0, 0.1) is 0 Å². The van der Waals surface area contributed by atoms with E-state index in [0.29, 0.717) is 18.8 Å². The fourth-order valence-corrected chi connectivity index (χ4v) is 4.68. The Morgan fingerprint density at radius 3 is 1.97 bits per heavy atom. The van der Waals surface area contributed by atoms with E-state index in [1.54, 1.807) is 36.2 Å². The zero-order valence-corrected chi connectivity index (χ0v) is 18.1. The molecule has 3 aromatic rings. The molecule has 0 spiro atoms. The molecule has 0 radical (unpaired) electrons. The molecule has 1 aliphatic heterocycles. The van der Waals surface area contributed by atoms with Crippen LogP contribution in [-0.4, -0.2) is 29.8 Å². The molecule has 4 rings (SSSR count). The molecule has 0 amide bonds. The minimum Gasteiger partial charge on any atom is -0.435 e. The van der Waals surface area contributed by atoms with Gasteiger partial charge in [0, 0.05) is 13.1 Å². The van der Waals surface area contributed by atoms with Crippen molar-refractivity contribution in [2.24, 2.45) is 4.99 Å². The predicted octanol–water partition coefficient (Wildman–Crippen LogP) is 6.87. The first kappa shape index (κ1) is 23.1. The number of aliphatic imine (C=N–C) groups is 1. The van der Waals surface area contributed by atoms with Gasteiger partial charge in [-0.25, -0.2) is 4.31 Å². The van der Waals surface area contributed by atoms with E-state index in [1.165, 1.54) is 24.3 Å². The molecule has 1 atom stereocenters. The molecule has 1 unspecified atom stereocenters. The number of hydrogen-bond acceptors (Lipinski definition) is 5. The fraction of sp³-hybridized carbons (Fsp3) is 0.208. The van der Waals surface area contributed by atoms with Crippen molar-refractivity contribution in [3.63, 3.8) is 0 Å². The Labute approximate surface area is 193 Å². The van der Waals surface area contributed by atoms with E-state index in [0.717, 1.165) is 16.8 Å². The smallest absolute Gasteiger partial charge is 0.387 e. The summed E-state index contributed by atoms with van der Waals surface area (Å²) in [6, 6.07) is 22.7. The predicted molar refractivity (Wildman–Crippen MR) is 120 cm³/mol. The topological polar surface area (TPSA) is 34.1 Å². The van der Waals surface area contributed by atoms with E-state index >= 15 is 0 Å². The summed E-state index contributed by atoms with van der Waals surface area (Å²) in [6.07, 6.45) is 0. The Balaban J connectivity index is 1.52. The van der Waals surface area contributed by atoms with Crippen molar-refractivity contribution in [3.8, 4) is 11.5 Å². The standard InChI is InChI=1S/C24H20F4N2O2S/c25-23(26)31-19-10-6-16(7-11-19)14-30-15-21(22(33-30)17-4-2-1-3-5-17)29-18-8-12-20(13-9-18)32-24(27)28/h1-13,22-24H,14-15H2. The molecule has 1 aliphatic rings. The van der Waals surface area contributed by atoms with Crippen LogP contribution in [0.4, 0.5) is 23.2 Å². The highest BCUT2D eigenvalue weighted by Crippen LogP contribution is 2.41. The van der Waals surface area contributed by atoms with Gasteiger partial charge in [-0.2, -0.15) is 17.6 Å². The van der Waals surface area contributed by atoms with Gasteiger partial charge in [-0.3, -0.25) is 4.99 Å². The molecule has 1 saturated heterocycles. The largest absolute Gasteiger partial charge is 0.435 e. The number of nitrogens with zero attached hydrogens (tertiary/aromatic N) is 2. The molecule has 0 saturated carbocycles. The molecule has 0 bridgehead atoms. The number of rotatable bonds is 8. The number of ether oxygens (including phenoxy) is 2. The Bertz CT molecular complexity index is 1060. The van der Waals surface area contributed by atoms with Crippen molar-refractivity contribution in [1.29, 1.82) is 0 Å². The summed E-state index contributed by atoms with van der Waals surface area (Å²) in [7, 11) is 0. The molecular formula is C24H20F4N2O2S. The third-order valence-electron chi connectivity index (χ3n) is 4.84. The van der Waals surface area contributed by atoms with Gasteiger partial charge in [0.1, 0.15) is 11.5 Å². The molecule has 4 nitrogen and oxygen atoms in total. The second-order valence-corrected chi connectivity index (χ2v) is 8.39. The maximum atomic E-state index is 12.4. The van der Waals surface area contributed by atoms with Crippen LogP contribution >= 0.6 is 11.9 Å². The molecule has 0 aliphatic carbocycles. The highest BCUT2D eigenvalue weighted by molar-refractivity contribution is 7.98. The number of hydrogen-bond donors (Lipinski definition) is 0. The third-order valence-corrected chi connectivity index (χ3v) is 6.15. The molecular weight excluding hydrogens is 456 g/mol. The average molecular weight is 476 g/mol. The summed E-state index contributed by atoms with van der Waals surface area (Å²) < 4.78 is 60.5. The van der Waals surface area contributed by atoms with Gasteiger partial charge >= 0.3 is 13.2 Å². The maximum absolute atomic E-state index is 12.4. The Kier molecular flexibility index (Phi) is 7.51. The summed E-state index contributed by atoms with van der Waals surface area (Å²) in [5.41, 5.74) is 3.61. The molecule has 3 aromatic carbocycles. The zero-order valence-electron chi connectivity index (χ0n) is 17.3. The first-order chi connectivity index (χ1) is 16.0. The van der Waals surface area contributed by atoms with Crippen molar-refractivity contribution in [2.75, 3.05) is 6.54 Å². The van der Waals surface area contributed by atoms with Crippen LogP contribution in [-0.2, 0) is 6.54 Å². The van der Waals surface area contributed by atoms with E-state index in [9.17, 15) is 17.6 Å². The van der Waals surface area contributed by atoms with Crippen molar-refractivity contribution < 1.29 is 27.0 Å². The quantitative estimate of drug-likeness (QED) is 0.263. The fourth-order valence-electron chi connectivity index (χ4n) is 3.43. The van der Waals surface area contributed by atoms with Crippen LogP contribution in [0.25, 0.3) is 0 Å². The Morgan fingerprint density at radius 1 is 0.818 bits per heavy atom. The highest BCUT2D eigenvalue weighted by atomic mass is 32.2. The number of benzene rings is 3. The van der Waals surface area contributed by atoms with Gasteiger partial charge < -0.3 is 9.47 Å². The van der Waals surface area contributed by atoms with Crippen LogP contribution in [0.1, 0.15) is 16.4 Å². The van der Waals surface area contributed by atoms with E-state index in [1.807, 2.05) is 30.3 Å². The van der Waals surface area contributed by atoms with E-state index in [2.05, 4.69) is 13.8 Å². The van der Waals surface area contributed by atoms with Crippen LogP contribution in [0.3, 0.4) is 0 Å². The Morgan fingerprint density at radius 2 is 1.39 bits per heavy atom. The van der Waals surface area contributed by atoms with Gasteiger partial charge in [-0.05, 0) is 47.5 Å². The van der Waals surface area contributed by atoms with Crippen molar-refractivity contribution in [1.82, 2.24) is 4.31 Å². The normalized spacial score (nSPS) is 17.8. The van der Waals surface area contributed by atoms with Crippen LogP contribution in [0.5, 0.6) is 11.5 Å². The van der Waals surface area contributed by atoms with Crippen molar-refractivity contribution in [2.45, 2.75) is 25.0 Å².